The molecule has 1 heterocycles. The topological polar surface area (TPSA) is 48.4 Å². The number of esters is 1. The summed E-state index contributed by atoms with van der Waals surface area (Å²) in [4.78, 5) is 15.6. The minimum absolute atomic E-state index is 0.105. The van der Waals surface area contributed by atoms with E-state index < -0.39 is 0 Å². The average Bonchev–Trinajstić information content (AvgIpc) is 2.46. The molecule has 0 aliphatic heterocycles. The van der Waals surface area contributed by atoms with E-state index in [1.807, 2.05) is 32.0 Å². The predicted octanol–water partition coefficient (Wildman–Crippen LogP) is 3.32. The van der Waals surface area contributed by atoms with Crippen molar-refractivity contribution in [3.63, 3.8) is 0 Å². The van der Waals surface area contributed by atoms with E-state index in [2.05, 4.69) is 9.72 Å². The van der Waals surface area contributed by atoms with Crippen LogP contribution in [0.4, 0.5) is 0 Å². The molecule has 1 aromatic carbocycles. The summed E-state index contributed by atoms with van der Waals surface area (Å²) in [6, 6.07) is 9.12. The van der Waals surface area contributed by atoms with Gasteiger partial charge in [-0.25, -0.2) is 4.79 Å². The largest absolute Gasteiger partial charge is 0.489 e. The maximum atomic E-state index is 11.4. The molecule has 0 aliphatic rings. The molecule has 2 aromatic rings. The van der Waals surface area contributed by atoms with E-state index in [4.69, 9.17) is 4.74 Å². The van der Waals surface area contributed by atoms with Gasteiger partial charge in [0.15, 0.2) is 0 Å². The molecule has 104 valence electrons. The quantitative estimate of drug-likeness (QED) is 0.800. The number of aromatic nitrogens is 1. The van der Waals surface area contributed by atoms with Gasteiger partial charge in [-0.15, -0.1) is 0 Å². The maximum Gasteiger partial charge on any atom is 0.337 e. The standard InChI is InChI=1S/C16H17NO3/c1-11(2)20-15-8-14(9-17-10-15)12-4-6-13(7-5-12)16(18)19-3/h4-11H,1-3H3. The molecule has 0 atom stereocenters. The first kappa shape index (κ1) is 14.1. The van der Waals surface area contributed by atoms with E-state index in [-0.39, 0.29) is 12.1 Å². The van der Waals surface area contributed by atoms with Crippen LogP contribution >= 0.6 is 0 Å². The average molecular weight is 271 g/mol. The van der Waals surface area contributed by atoms with Crippen molar-refractivity contribution in [2.45, 2.75) is 20.0 Å². The molecule has 0 bridgehead atoms. The summed E-state index contributed by atoms with van der Waals surface area (Å²) >= 11 is 0. The van der Waals surface area contributed by atoms with Gasteiger partial charge in [0.2, 0.25) is 0 Å². The van der Waals surface area contributed by atoms with Crippen molar-refractivity contribution in [1.29, 1.82) is 0 Å². The van der Waals surface area contributed by atoms with Crippen molar-refractivity contribution in [1.82, 2.24) is 4.98 Å². The molecule has 2 rings (SSSR count). The first-order valence-corrected chi connectivity index (χ1v) is 6.40. The van der Waals surface area contributed by atoms with E-state index in [0.29, 0.717) is 5.56 Å². The molecule has 1 aromatic heterocycles. The number of ether oxygens (including phenoxy) is 2. The van der Waals surface area contributed by atoms with E-state index in [0.717, 1.165) is 16.9 Å². The highest BCUT2D eigenvalue weighted by Gasteiger charge is 2.06. The Balaban J connectivity index is 2.25. The molecule has 0 saturated heterocycles. The third kappa shape index (κ3) is 3.35. The second-order valence-electron chi connectivity index (χ2n) is 4.64. The molecule has 0 aliphatic carbocycles. The Morgan fingerprint density at radius 3 is 2.40 bits per heavy atom. The molecule has 20 heavy (non-hydrogen) atoms. The van der Waals surface area contributed by atoms with Crippen LogP contribution < -0.4 is 4.74 Å². The molecule has 0 fully saturated rings. The number of pyridine rings is 1. The highest BCUT2D eigenvalue weighted by Crippen LogP contribution is 2.23. The van der Waals surface area contributed by atoms with E-state index in [9.17, 15) is 4.79 Å². The van der Waals surface area contributed by atoms with Gasteiger partial charge in [-0.05, 0) is 37.6 Å². The van der Waals surface area contributed by atoms with Gasteiger partial charge >= 0.3 is 5.97 Å². The summed E-state index contributed by atoms with van der Waals surface area (Å²) in [5.41, 5.74) is 2.44. The van der Waals surface area contributed by atoms with Gasteiger partial charge in [0, 0.05) is 11.8 Å². The minimum atomic E-state index is -0.341. The molecule has 0 amide bonds. The summed E-state index contributed by atoms with van der Waals surface area (Å²) in [6.07, 6.45) is 3.56. The molecule has 0 N–H and O–H groups in total. The fourth-order valence-electron chi connectivity index (χ4n) is 1.83. The van der Waals surface area contributed by atoms with Crippen LogP contribution in [0.1, 0.15) is 24.2 Å². The van der Waals surface area contributed by atoms with Crippen LogP contribution in [-0.2, 0) is 4.74 Å². The second-order valence-corrected chi connectivity index (χ2v) is 4.64. The van der Waals surface area contributed by atoms with Crippen molar-refractivity contribution in [3.8, 4) is 16.9 Å². The molecule has 0 saturated carbocycles. The summed E-state index contributed by atoms with van der Waals surface area (Å²) in [7, 11) is 1.37. The number of methoxy groups -OCH3 is 1. The maximum absolute atomic E-state index is 11.4. The monoisotopic (exact) mass is 271 g/mol. The van der Waals surface area contributed by atoms with Crippen molar-refractivity contribution in [3.05, 3.63) is 48.3 Å². The van der Waals surface area contributed by atoms with Gasteiger partial charge < -0.3 is 9.47 Å². The number of benzene rings is 1. The molecule has 4 heteroatoms. The fourth-order valence-corrected chi connectivity index (χ4v) is 1.83. The zero-order valence-corrected chi connectivity index (χ0v) is 11.8. The Morgan fingerprint density at radius 2 is 1.80 bits per heavy atom. The normalized spacial score (nSPS) is 10.4. The minimum Gasteiger partial charge on any atom is -0.489 e. The SMILES string of the molecule is COC(=O)c1ccc(-c2cncc(OC(C)C)c2)cc1. The van der Waals surface area contributed by atoms with E-state index in [1.165, 1.54) is 7.11 Å². The molecule has 4 nitrogen and oxygen atoms in total. The second kappa shape index (κ2) is 6.19. The zero-order chi connectivity index (χ0) is 14.5. The number of nitrogens with zero attached hydrogens (tertiary/aromatic N) is 1. The van der Waals surface area contributed by atoms with Gasteiger partial charge in [-0.2, -0.15) is 0 Å². The van der Waals surface area contributed by atoms with E-state index in [1.54, 1.807) is 24.5 Å². The molecular formula is C16H17NO3. The Hall–Kier alpha value is -2.36. The lowest BCUT2D eigenvalue weighted by atomic mass is 10.1. The van der Waals surface area contributed by atoms with Crippen LogP contribution in [-0.4, -0.2) is 24.2 Å². The Bertz CT molecular complexity index is 591. The van der Waals surface area contributed by atoms with Crippen LogP contribution in [0.2, 0.25) is 0 Å². The third-order valence-corrected chi connectivity index (χ3v) is 2.72. The van der Waals surface area contributed by atoms with Crippen LogP contribution in [0.5, 0.6) is 5.75 Å². The number of hydrogen-bond donors (Lipinski definition) is 0. The molecule has 0 spiro atoms. The molecule has 0 radical (unpaired) electrons. The highest BCUT2D eigenvalue weighted by molar-refractivity contribution is 5.89. The summed E-state index contributed by atoms with van der Waals surface area (Å²) in [6.45, 7) is 3.94. The lowest BCUT2D eigenvalue weighted by molar-refractivity contribution is 0.0601. The molecule has 0 unspecified atom stereocenters. The Morgan fingerprint density at radius 1 is 1.10 bits per heavy atom. The van der Waals surface area contributed by atoms with Gasteiger partial charge in [-0.1, -0.05) is 12.1 Å². The van der Waals surface area contributed by atoms with Crippen molar-refractivity contribution >= 4 is 5.97 Å². The highest BCUT2D eigenvalue weighted by atomic mass is 16.5. The Labute approximate surface area is 118 Å². The number of carbonyl (C=O) groups excluding carboxylic acids is 1. The number of carbonyl (C=O) groups is 1. The first-order chi connectivity index (χ1) is 9.60. The van der Waals surface area contributed by atoms with E-state index >= 15 is 0 Å². The first-order valence-electron chi connectivity index (χ1n) is 6.40. The van der Waals surface area contributed by atoms with Crippen LogP contribution in [0.25, 0.3) is 11.1 Å². The summed E-state index contributed by atoms with van der Waals surface area (Å²) in [5, 5.41) is 0. The fraction of sp³-hybridized carbons (Fsp3) is 0.250. The van der Waals surface area contributed by atoms with Crippen molar-refractivity contribution in [2.24, 2.45) is 0 Å². The lowest BCUT2D eigenvalue weighted by Gasteiger charge is -2.10. The molecular weight excluding hydrogens is 254 g/mol. The van der Waals surface area contributed by atoms with Crippen LogP contribution in [0.15, 0.2) is 42.7 Å². The lowest BCUT2D eigenvalue weighted by Crippen LogP contribution is -2.05. The van der Waals surface area contributed by atoms with Crippen molar-refractivity contribution in [2.75, 3.05) is 7.11 Å². The zero-order valence-electron chi connectivity index (χ0n) is 11.8. The van der Waals surface area contributed by atoms with Gasteiger partial charge in [-0.3, -0.25) is 4.98 Å². The summed E-state index contributed by atoms with van der Waals surface area (Å²) in [5.74, 6) is 0.390. The van der Waals surface area contributed by atoms with Crippen LogP contribution in [0.3, 0.4) is 0 Å². The summed E-state index contributed by atoms with van der Waals surface area (Å²) < 4.78 is 10.3. The number of rotatable bonds is 4. The van der Waals surface area contributed by atoms with Gasteiger partial charge in [0.25, 0.3) is 0 Å². The smallest absolute Gasteiger partial charge is 0.337 e. The van der Waals surface area contributed by atoms with Crippen molar-refractivity contribution < 1.29 is 14.3 Å². The predicted molar refractivity (Wildman–Crippen MR) is 76.8 cm³/mol. The van der Waals surface area contributed by atoms with Crippen LogP contribution in [0, 0.1) is 0 Å². The third-order valence-electron chi connectivity index (χ3n) is 2.72. The van der Waals surface area contributed by atoms with Gasteiger partial charge in [0.1, 0.15) is 5.75 Å². The Kier molecular flexibility index (Phi) is 4.35. The number of hydrogen-bond acceptors (Lipinski definition) is 4. The van der Waals surface area contributed by atoms with Gasteiger partial charge in [0.05, 0.1) is 25.0 Å².